The van der Waals surface area contributed by atoms with Gasteiger partial charge in [0.25, 0.3) is 0 Å². The smallest absolute Gasteiger partial charge is 0.249 e. The van der Waals surface area contributed by atoms with Crippen LogP contribution >= 0.6 is 0 Å². The molecule has 0 aromatic heterocycles. The third-order valence-electron chi connectivity index (χ3n) is 4.01. The van der Waals surface area contributed by atoms with Crippen molar-refractivity contribution >= 4 is 5.91 Å². The van der Waals surface area contributed by atoms with E-state index >= 15 is 0 Å². The summed E-state index contributed by atoms with van der Waals surface area (Å²) in [5, 5.41) is 2.99. The van der Waals surface area contributed by atoms with Crippen LogP contribution in [0, 0.1) is 0 Å². The summed E-state index contributed by atoms with van der Waals surface area (Å²) in [6.07, 6.45) is 1.83. The first-order valence-electron chi connectivity index (χ1n) is 8.76. The highest BCUT2D eigenvalue weighted by Crippen LogP contribution is 2.20. The Hall–Kier alpha value is -1.59. The minimum atomic E-state index is -0.494. The zero-order valence-corrected chi connectivity index (χ0v) is 15.1. The van der Waals surface area contributed by atoms with Gasteiger partial charge in [-0.1, -0.05) is 12.1 Å². The van der Waals surface area contributed by atoms with Gasteiger partial charge in [-0.05, 0) is 58.2 Å². The van der Waals surface area contributed by atoms with E-state index in [4.69, 9.17) is 14.2 Å². The van der Waals surface area contributed by atoms with Crippen molar-refractivity contribution in [2.75, 3.05) is 13.2 Å². The molecule has 1 N–H and O–H groups in total. The largest absolute Gasteiger partial charge is 0.491 e. The molecule has 1 aliphatic heterocycles. The molecule has 0 spiro atoms. The summed E-state index contributed by atoms with van der Waals surface area (Å²) in [6.45, 7) is 8.98. The second-order valence-corrected chi connectivity index (χ2v) is 6.58. The van der Waals surface area contributed by atoms with Gasteiger partial charge in [0.2, 0.25) is 5.91 Å². The molecule has 2 rings (SSSR count). The molecule has 1 saturated heterocycles. The lowest BCUT2D eigenvalue weighted by Crippen LogP contribution is -2.37. The first-order chi connectivity index (χ1) is 11.5. The van der Waals surface area contributed by atoms with Gasteiger partial charge in [0.1, 0.15) is 11.9 Å². The summed E-state index contributed by atoms with van der Waals surface area (Å²) in [5.74, 6) is 0.696. The number of ether oxygens (including phenoxy) is 3. The Balaban J connectivity index is 1.83. The minimum Gasteiger partial charge on any atom is -0.491 e. The van der Waals surface area contributed by atoms with Crippen LogP contribution in [-0.2, 0) is 14.3 Å². The lowest BCUT2D eigenvalue weighted by Gasteiger charge is -2.20. The molecule has 3 unspecified atom stereocenters. The molecule has 1 aliphatic rings. The molecule has 5 heteroatoms. The van der Waals surface area contributed by atoms with Gasteiger partial charge in [0.15, 0.2) is 0 Å². The fourth-order valence-electron chi connectivity index (χ4n) is 2.65. The van der Waals surface area contributed by atoms with Gasteiger partial charge in [-0.3, -0.25) is 4.79 Å². The summed E-state index contributed by atoms with van der Waals surface area (Å²) >= 11 is 0. The molecule has 1 aromatic carbocycles. The molecule has 0 saturated carbocycles. The highest BCUT2D eigenvalue weighted by Gasteiger charge is 2.21. The van der Waals surface area contributed by atoms with Crippen molar-refractivity contribution in [1.29, 1.82) is 0 Å². The van der Waals surface area contributed by atoms with Crippen LogP contribution in [0.5, 0.6) is 5.75 Å². The Morgan fingerprint density at radius 3 is 2.79 bits per heavy atom. The number of carbonyl (C=O) groups excluding carboxylic acids is 1. The lowest BCUT2D eigenvalue weighted by atomic mass is 10.1. The maximum atomic E-state index is 12.3. The molecular formula is C19H29NO4. The van der Waals surface area contributed by atoms with Crippen molar-refractivity contribution < 1.29 is 19.0 Å². The monoisotopic (exact) mass is 335 g/mol. The number of amides is 1. The Labute approximate surface area is 144 Å². The molecule has 134 valence electrons. The quantitative estimate of drug-likeness (QED) is 0.792. The molecule has 0 aliphatic carbocycles. The second kappa shape index (κ2) is 9.04. The Morgan fingerprint density at radius 1 is 1.33 bits per heavy atom. The van der Waals surface area contributed by atoms with Gasteiger partial charge in [-0.25, -0.2) is 0 Å². The van der Waals surface area contributed by atoms with E-state index in [2.05, 4.69) is 5.32 Å². The van der Waals surface area contributed by atoms with Crippen LogP contribution in [0.1, 0.15) is 52.1 Å². The van der Waals surface area contributed by atoms with Crippen LogP contribution in [0.25, 0.3) is 0 Å². The first kappa shape index (κ1) is 18.7. The second-order valence-electron chi connectivity index (χ2n) is 6.58. The van der Waals surface area contributed by atoms with Crippen molar-refractivity contribution in [2.45, 2.75) is 64.9 Å². The number of benzene rings is 1. The van der Waals surface area contributed by atoms with E-state index < -0.39 is 6.10 Å². The van der Waals surface area contributed by atoms with E-state index in [-0.39, 0.29) is 24.2 Å². The zero-order chi connectivity index (χ0) is 17.5. The topological polar surface area (TPSA) is 56.8 Å². The van der Waals surface area contributed by atoms with Crippen LogP contribution in [0.4, 0.5) is 0 Å². The van der Waals surface area contributed by atoms with Gasteiger partial charge >= 0.3 is 0 Å². The van der Waals surface area contributed by atoms with Gasteiger partial charge in [-0.2, -0.15) is 0 Å². The predicted molar refractivity (Wildman–Crippen MR) is 93.2 cm³/mol. The molecule has 1 amide bonds. The van der Waals surface area contributed by atoms with E-state index in [9.17, 15) is 4.79 Å². The van der Waals surface area contributed by atoms with Crippen LogP contribution in [0.3, 0.4) is 0 Å². The molecule has 1 fully saturated rings. The molecule has 1 aromatic rings. The van der Waals surface area contributed by atoms with E-state index in [0.29, 0.717) is 6.61 Å². The highest BCUT2D eigenvalue weighted by molar-refractivity contribution is 5.80. The SMILES string of the molecule is CC(C)Oc1cccc(C(C)NC(=O)C(C)OCC2CCCO2)c1. The average molecular weight is 335 g/mol. The molecule has 0 radical (unpaired) electrons. The summed E-state index contributed by atoms with van der Waals surface area (Å²) in [7, 11) is 0. The number of nitrogens with one attached hydrogen (secondary N) is 1. The summed E-state index contributed by atoms with van der Waals surface area (Å²) in [6, 6.07) is 7.69. The Kier molecular flexibility index (Phi) is 7.06. The molecular weight excluding hydrogens is 306 g/mol. The fraction of sp³-hybridized carbons (Fsp3) is 0.632. The van der Waals surface area contributed by atoms with Gasteiger partial charge in [0, 0.05) is 6.61 Å². The zero-order valence-electron chi connectivity index (χ0n) is 15.1. The van der Waals surface area contributed by atoms with Crippen molar-refractivity contribution in [3.63, 3.8) is 0 Å². The highest BCUT2D eigenvalue weighted by atomic mass is 16.5. The summed E-state index contributed by atoms with van der Waals surface area (Å²) < 4.78 is 16.8. The number of carbonyl (C=O) groups is 1. The third kappa shape index (κ3) is 5.80. The standard InChI is InChI=1S/C19H29NO4/c1-13(2)24-17-8-5-7-16(11-17)14(3)20-19(21)15(4)23-12-18-9-6-10-22-18/h5,7-8,11,13-15,18H,6,9-10,12H2,1-4H3,(H,20,21). The van der Waals surface area contributed by atoms with Crippen LogP contribution < -0.4 is 10.1 Å². The number of hydrogen-bond acceptors (Lipinski definition) is 4. The Bertz CT molecular complexity index is 526. The van der Waals surface area contributed by atoms with Crippen molar-refractivity contribution in [3.8, 4) is 5.75 Å². The molecule has 3 atom stereocenters. The molecule has 24 heavy (non-hydrogen) atoms. The molecule has 5 nitrogen and oxygen atoms in total. The van der Waals surface area contributed by atoms with Crippen LogP contribution in [0.2, 0.25) is 0 Å². The van der Waals surface area contributed by atoms with E-state index in [1.54, 1.807) is 6.92 Å². The van der Waals surface area contributed by atoms with Gasteiger partial charge < -0.3 is 19.5 Å². The van der Waals surface area contributed by atoms with Gasteiger partial charge in [0.05, 0.1) is 24.9 Å². The number of hydrogen-bond donors (Lipinski definition) is 1. The Morgan fingerprint density at radius 2 is 2.12 bits per heavy atom. The molecule has 0 bridgehead atoms. The third-order valence-corrected chi connectivity index (χ3v) is 4.01. The number of rotatable bonds is 8. The maximum Gasteiger partial charge on any atom is 0.249 e. The fourth-order valence-corrected chi connectivity index (χ4v) is 2.65. The van der Waals surface area contributed by atoms with Crippen molar-refractivity contribution in [1.82, 2.24) is 5.32 Å². The van der Waals surface area contributed by atoms with Crippen molar-refractivity contribution in [3.05, 3.63) is 29.8 Å². The van der Waals surface area contributed by atoms with E-state index in [1.807, 2.05) is 45.0 Å². The van der Waals surface area contributed by atoms with Gasteiger partial charge in [-0.15, -0.1) is 0 Å². The lowest BCUT2D eigenvalue weighted by molar-refractivity contribution is -0.134. The minimum absolute atomic E-state index is 0.109. The maximum absolute atomic E-state index is 12.3. The summed E-state index contributed by atoms with van der Waals surface area (Å²) in [4.78, 5) is 12.3. The van der Waals surface area contributed by atoms with Crippen LogP contribution in [-0.4, -0.2) is 37.4 Å². The molecule has 1 heterocycles. The average Bonchev–Trinajstić information content (AvgIpc) is 3.05. The predicted octanol–water partition coefficient (Wildman–Crippen LogP) is 3.24. The summed E-state index contributed by atoms with van der Waals surface area (Å²) in [5.41, 5.74) is 1.01. The normalized spacial score (nSPS) is 20.0. The first-order valence-corrected chi connectivity index (χ1v) is 8.76. The van der Waals surface area contributed by atoms with E-state index in [0.717, 1.165) is 30.8 Å². The van der Waals surface area contributed by atoms with Crippen molar-refractivity contribution in [2.24, 2.45) is 0 Å². The van der Waals surface area contributed by atoms with Crippen LogP contribution in [0.15, 0.2) is 24.3 Å². The van der Waals surface area contributed by atoms with E-state index in [1.165, 1.54) is 0 Å².